The normalized spacial score (nSPS) is 14.0. The lowest BCUT2D eigenvalue weighted by Gasteiger charge is -2.33. The molecule has 0 aliphatic carbocycles. The number of nitrogens with zero attached hydrogens (tertiary/aromatic N) is 1. The molecular weight excluding hydrogens is 280 g/mol. The molecule has 0 saturated heterocycles. The van der Waals surface area contributed by atoms with Gasteiger partial charge in [-0.1, -0.05) is 32.0 Å². The van der Waals surface area contributed by atoms with E-state index in [0.29, 0.717) is 0 Å². The minimum absolute atomic E-state index is 0.0222. The van der Waals surface area contributed by atoms with Crippen LogP contribution in [0.2, 0.25) is 0 Å². The Hall–Kier alpha value is -2.30. The number of carboxylic acid groups (broad SMARTS) is 1. The summed E-state index contributed by atoms with van der Waals surface area (Å²) in [5, 5.41) is 13.0. The van der Waals surface area contributed by atoms with Gasteiger partial charge in [0.15, 0.2) is 0 Å². The number of aromatic nitrogens is 1. The van der Waals surface area contributed by atoms with E-state index in [2.05, 4.69) is 5.32 Å². The van der Waals surface area contributed by atoms with Crippen LogP contribution >= 0.6 is 0 Å². The van der Waals surface area contributed by atoms with Crippen LogP contribution in [0.25, 0.3) is 10.9 Å². The van der Waals surface area contributed by atoms with Crippen molar-refractivity contribution in [2.75, 3.05) is 0 Å². The summed E-state index contributed by atoms with van der Waals surface area (Å²) in [5.41, 5.74) is 0.230. The zero-order valence-electron chi connectivity index (χ0n) is 13.2. The number of para-hydroxylation sites is 1. The van der Waals surface area contributed by atoms with Crippen LogP contribution in [0.1, 0.15) is 27.2 Å². The first-order valence-corrected chi connectivity index (χ1v) is 7.38. The highest BCUT2D eigenvalue weighted by Gasteiger charge is 2.32. The molecule has 0 saturated carbocycles. The molecule has 1 aromatic heterocycles. The topological polar surface area (TPSA) is 71.3 Å². The van der Waals surface area contributed by atoms with E-state index >= 15 is 0 Å². The van der Waals surface area contributed by atoms with Gasteiger partial charge in [0, 0.05) is 11.7 Å². The fraction of sp³-hybridized carbons (Fsp3) is 0.412. The summed E-state index contributed by atoms with van der Waals surface area (Å²) in [5.74, 6) is -1.07. The van der Waals surface area contributed by atoms with Gasteiger partial charge in [-0.15, -0.1) is 0 Å². The summed E-state index contributed by atoms with van der Waals surface area (Å²) in [4.78, 5) is 23.4. The first kappa shape index (κ1) is 16.1. The predicted octanol–water partition coefficient (Wildman–Crippen LogP) is 2.65. The first-order chi connectivity index (χ1) is 10.3. The van der Waals surface area contributed by atoms with Crippen LogP contribution in [0.3, 0.4) is 0 Å². The third-order valence-electron chi connectivity index (χ3n) is 4.21. The predicted molar refractivity (Wildman–Crippen MR) is 85.6 cm³/mol. The maximum Gasteiger partial charge on any atom is 0.305 e. The molecular formula is C17H22N2O3. The SMILES string of the molecule is CC(C)C(C)(CC(=O)O)NC(=O)Cn1ccc2ccccc21. The van der Waals surface area contributed by atoms with E-state index in [1.807, 2.05) is 54.9 Å². The average molecular weight is 302 g/mol. The molecule has 118 valence electrons. The van der Waals surface area contributed by atoms with Gasteiger partial charge in [0.2, 0.25) is 5.91 Å². The Morgan fingerprint density at radius 2 is 1.95 bits per heavy atom. The number of carboxylic acids is 1. The Morgan fingerprint density at radius 3 is 2.59 bits per heavy atom. The van der Waals surface area contributed by atoms with Crippen molar-refractivity contribution in [3.8, 4) is 0 Å². The van der Waals surface area contributed by atoms with E-state index in [4.69, 9.17) is 5.11 Å². The monoisotopic (exact) mass is 302 g/mol. The van der Waals surface area contributed by atoms with Crippen LogP contribution in [-0.4, -0.2) is 27.1 Å². The summed E-state index contributed by atoms with van der Waals surface area (Å²) in [6, 6.07) is 9.80. The first-order valence-electron chi connectivity index (χ1n) is 7.38. The van der Waals surface area contributed by atoms with Gasteiger partial charge in [0.05, 0.1) is 12.0 Å². The quantitative estimate of drug-likeness (QED) is 0.861. The third kappa shape index (κ3) is 3.47. The minimum atomic E-state index is -0.914. The molecule has 22 heavy (non-hydrogen) atoms. The van der Waals surface area contributed by atoms with Crippen LogP contribution in [0, 0.1) is 5.92 Å². The van der Waals surface area contributed by atoms with Crippen LogP contribution in [0.15, 0.2) is 36.5 Å². The highest BCUT2D eigenvalue weighted by Crippen LogP contribution is 2.21. The molecule has 2 N–H and O–H groups in total. The number of hydrogen-bond acceptors (Lipinski definition) is 2. The second-order valence-electron chi connectivity index (χ2n) is 6.19. The van der Waals surface area contributed by atoms with Gasteiger partial charge in [-0.05, 0) is 30.4 Å². The van der Waals surface area contributed by atoms with Crippen LogP contribution < -0.4 is 5.32 Å². The van der Waals surface area contributed by atoms with E-state index in [1.54, 1.807) is 6.92 Å². The number of fused-ring (bicyclic) bond motifs is 1. The largest absolute Gasteiger partial charge is 0.481 e. The van der Waals surface area contributed by atoms with Gasteiger partial charge >= 0.3 is 5.97 Å². The van der Waals surface area contributed by atoms with Crippen molar-refractivity contribution in [2.45, 2.75) is 39.3 Å². The fourth-order valence-corrected chi connectivity index (χ4v) is 2.50. The van der Waals surface area contributed by atoms with Crippen LogP contribution in [0.5, 0.6) is 0 Å². The number of carbonyl (C=O) groups is 2. The number of nitrogens with one attached hydrogen (secondary N) is 1. The van der Waals surface area contributed by atoms with Gasteiger partial charge in [0.25, 0.3) is 0 Å². The highest BCUT2D eigenvalue weighted by atomic mass is 16.4. The molecule has 1 atom stereocenters. The standard InChI is InChI=1S/C17H22N2O3/c1-12(2)17(3,10-16(21)22)18-15(20)11-19-9-8-13-6-4-5-7-14(13)19/h4-9,12H,10-11H2,1-3H3,(H,18,20)(H,21,22). The van der Waals surface area contributed by atoms with E-state index in [9.17, 15) is 9.59 Å². The van der Waals surface area contributed by atoms with E-state index in [0.717, 1.165) is 10.9 Å². The fourth-order valence-electron chi connectivity index (χ4n) is 2.50. The van der Waals surface area contributed by atoms with Crippen molar-refractivity contribution in [1.29, 1.82) is 0 Å². The second-order valence-corrected chi connectivity index (χ2v) is 6.19. The van der Waals surface area contributed by atoms with Gasteiger partial charge in [-0.3, -0.25) is 9.59 Å². The molecule has 0 aliphatic rings. The smallest absolute Gasteiger partial charge is 0.305 e. The van der Waals surface area contributed by atoms with E-state index < -0.39 is 11.5 Å². The molecule has 5 nitrogen and oxygen atoms in total. The number of amides is 1. The van der Waals surface area contributed by atoms with Gasteiger partial charge < -0.3 is 15.0 Å². The highest BCUT2D eigenvalue weighted by molar-refractivity contribution is 5.83. The molecule has 1 heterocycles. The summed E-state index contributed by atoms with van der Waals surface area (Å²) < 4.78 is 1.87. The molecule has 1 amide bonds. The van der Waals surface area contributed by atoms with Crippen molar-refractivity contribution < 1.29 is 14.7 Å². The summed E-state index contributed by atoms with van der Waals surface area (Å²) in [6.45, 7) is 5.77. The van der Waals surface area contributed by atoms with Crippen molar-refractivity contribution in [3.63, 3.8) is 0 Å². The zero-order chi connectivity index (χ0) is 16.3. The van der Waals surface area contributed by atoms with E-state index in [1.165, 1.54) is 0 Å². The molecule has 5 heteroatoms. The molecule has 2 rings (SSSR count). The van der Waals surface area contributed by atoms with Crippen LogP contribution in [0.4, 0.5) is 0 Å². The van der Waals surface area contributed by atoms with Crippen molar-refractivity contribution in [3.05, 3.63) is 36.5 Å². The van der Waals surface area contributed by atoms with Crippen molar-refractivity contribution >= 4 is 22.8 Å². The molecule has 0 radical (unpaired) electrons. The lowest BCUT2D eigenvalue weighted by Crippen LogP contribution is -2.52. The summed E-state index contributed by atoms with van der Waals surface area (Å²) >= 11 is 0. The van der Waals surface area contributed by atoms with Gasteiger partial charge in [-0.2, -0.15) is 0 Å². The molecule has 0 fully saturated rings. The summed E-state index contributed by atoms with van der Waals surface area (Å²) in [7, 11) is 0. The maximum absolute atomic E-state index is 12.3. The molecule has 1 unspecified atom stereocenters. The second kappa shape index (κ2) is 6.22. The number of carbonyl (C=O) groups excluding carboxylic acids is 1. The molecule has 0 bridgehead atoms. The number of benzene rings is 1. The Balaban J connectivity index is 2.13. The van der Waals surface area contributed by atoms with Crippen molar-refractivity contribution in [2.24, 2.45) is 5.92 Å². The average Bonchev–Trinajstić information content (AvgIpc) is 2.81. The van der Waals surface area contributed by atoms with Gasteiger partial charge in [-0.25, -0.2) is 0 Å². The lowest BCUT2D eigenvalue weighted by molar-refractivity contribution is -0.139. The number of rotatable bonds is 6. The Labute approximate surface area is 129 Å². The summed E-state index contributed by atoms with van der Waals surface area (Å²) in [6.07, 6.45) is 1.77. The van der Waals surface area contributed by atoms with Gasteiger partial charge in [0.1, 0.15) is 6.54 Å². The Kier molecular flexibility index (Phi) is 4.54. The van der Waals surface area contributed by atoms with Crippen LogP contribution in [-0.2, 0) is 16.1 Å². The van der Waals surface area contributed by atoms with Crippen molar-refractivity contribution in [1.82, 2.24) is 9.88 Å². The third-order valence-corrected chi connectivity index (χ3v) is 4.21. The number of hydrogen-bond donors (Lipinski definition) is 2. The minimum Gasteiger partial charge on any atom is -0.481 e. The van der Waals surface area contributed by atoms with E-state index in [-0.39, 0.29) is 24.8 Å². The Bertz CT molecular complexity index is 690. The molecule has 2 aromatic rings. The molecule has 1 aromatic carbocycles. The number of aliphatic carboxylic acids is 1. The molecule has 0 spiro atoms. The molecule has 0 aliphatic heterocycles. The Morgan fingerprint density at radius 1 is 1.27 bits per heavy atom. The maximum atomic E-state index is 12.3. The zero-order valence-corrected chi connectivity index (χ0v) is 13.2. The lowest BCUT2D eigenvalue weighted by atomic mass is 9.85.